The molecule has 3 aromatic rings. The van der Waals surface area contributed by atoms with E-state index >= 15 is 0 Å². The van der Waals surface area contributed by atoms with Gasteiger partial charge in [-0.3, -0.25) is 9.59 Å². The van der Waals surface area contributed by atoms with E-state index in [1.165, 1.54) is 18.5 Å². The smallest absolute Gasteiger partial charge is 0.252 e. The van der Waals surface area contributed by atoms with E-state index in [4.69, 9.17) is 5.26 Å². The molecule has 1 aliphatic carbocycles. The highest BCUT2D eigenvalue weighted by Gasteiger charge is 2.30. The van der Waals surface area contributed by atoms with Crippen LogP contribution in [0.5, 0.6) is 0 Å². The highest BCUT2D eigenvalue weighted by Crippen LogP contribution is 2.45. The van der Waals surface area contributed by atoms with E-state index in [2.05, 4.69) is 20.3 Å². The van der Waals surface area contributed by atoms with Gasteiger partial charge in [0.25, 0.3) is 5.56 Å². The van der Waals surface area contributed by atoms with E-state index in [1.807, 2.05) is 6.07 Å². The van der Waals surface area contributed by atoms with Crippen LogP contribution in [0, 0.1) is 24.1 Å². The SMILES string of the molecule is Cc1c(CC(=O)N[C@@H](C)c2ncc(C#N)cn2)c(=O)[nH]c2ccc(F)c(C3CC3)c12. The van der Waals surface area contributed by atoms with Crippen LogP contribution in [0.3, 0.4) is 0 Å². The fourth-order valence-corrected chi connectivity index (χ4v) is 3.74. The minimum atomic E-state index is -0.496. The molecule has 0 aliphatic heterocycles. The maximum Gasteiger partial charge on any atom is 0.252 e. The summed E-state index contributed by atoms with van der Waals surface area (Å²) in [6, 6.07) is 4.40. The Kier molecular flexibility index (Phi) is 5.04. The molecule has 1 aliphatic rings. The molecule has 0 radical (unpaired) electrons. The topological polar surface area (TPSA) is 112 Å². The molecule has 0 unspecified atom stereocenters. The van der Waals surface area contributed by atoms with Crippen molar-refractivity contribution in [2.24, 2.45) is 0 Å². The van der Waals surface area contributed by atoms with Gasteiger partial charge in [0.05, 0.1) is 18.0 Å². The molecule has 2 aromatic heterocycles. The van der Waals surface area contributed by atoms with Crippen LogP contribution in [0.25, 0.3) is 10.9 Å². The summed E-state index contributed by atoms with van der Waals surface area (Å²) in [5.41, 5.74) is 2.14. The maximum atomic E-state index is 14.5. The lowest BCUT2D eigenvalue weighted by molar-refractivity contribution is -0.121. The second kappa shape index (κ2) is 7.67. The van der Waals surface area contributed by atoms with Crippen LogP contribution in [0.2, 0.25) is 0 Å². The van der Waals surface area contributed by atoms with Gasteiger partial charge in [0.2, 0.25) is 5.91 Å². The summed E-state index contributed by atoms with van der Waals surface area (Å²) < 4.78 is 14.5. The maximum absolute atomic E-state index is 14.5. The lowest BCUT2D eigenvalue weighted by atomic mass is 9.95. The van der Waals surface area contributed by atoms with Crippen molar-refractivity contribution in [2.45, 2.75) is 45.1 Å². The molecule has 1 atom stereocenters. The molecule has 7 nitrogen and oxygen atoms in total. The minimum absolute atomic E-state index is 0.141. The number of nitrogens with one attached hydrogen (secondary N) is 2. The van der Waals surface area contributed by atoms with Crippen molar-refractivity contribution in [1.82, 2.24) is 20.3 Å². The molecule has 0 spiro atoms. The summed E-state index contributed by atoms with van der Waals surface area (Å²) in [6.45, 7) is 3.48. The number of pyridine rings is 1. The van der Waals surface area contributed by atoms with E-state index in [1.54, 1.807) is 19.9 Å². The molecule has 8 heteroatoms. The summed E-state index contributed by atoms with van der Waals surface area (Å²) in [7, 11) is 0. The molecule has 2 N–H and O–H groups in total. The largest absolute Gasteiger partial charge is 0.346 e. The number of H-pyrrole nitrogens is 1. The highest BCUT2D eigenvalue weighted by molar-refractivity contribution is 5.89. The van der Waals surface area contributed by atoms with Gasteiger partial charge >= 0.3 is 0 Å². The molecule has 2 heterocycles. The number of rotatable bonds is 5. The number of carbonyl (C=O) groups excluding carboxylic acids is 1. The molecule has 4 rings (SSSR count). The Morgan fingerprint density at radius 1 is 1.37 bits per heavy atom. The Bertz CT molecular complexity index is 1240. The van der Waals surface area contributed by atoms with Gasteiger partial charge in [0, 0.05) is 34.4 Å². The fourth-order valence-electron chi connectivity index (χ4n) is 3.74. The molecule has 30 heavy (non-hydrogen) atoms. The molecule has 1 saturated carbocycles. The Morgan fingerprint density at radius 3 is 2.70 bits per heavy atom. The number of aromatic nitrogens is 3. The van der Waals surface area contributed by atoms with E-state index in [-0.39, 0.29) is 29.6 Å². The van der Waals surface area contributed by atoms with Crippen molar-refractivity contribution in [3.05, 3.63) is 68.8 Å². The van der Waals surface area contributed by atoms with Gasteiger partial charge in [-0.05, 0) is 50.3 Å². The average Bonchev–Trinajstić information content (AvgIpc) is 3.56. The van der Waals surface area contributed by atoms with Crippen molar-refractivity contribution in [1.29, 1.82) is 5.26 Å². The number of nitriles is 1. The number of hydrogen-bond donors (Lipinski definition) is 2. The summed E-state index contributed by atoms with van der Waals surface area (Å²) in [4.78, 5) is 36.2. The van der Waals surface area contributed by atoms with E-state index in [9.17, 15) is 14.0 Å². The highest BCUT2D eigenvalue weighted by atomic mass is 19.1. The van der Waals surface area contributed by atoms with Gasteiger partial charge < -0.3 is 10.3 Å². The fraction of sp³-hybridized carbons (Fsp3) is 0.318. The molecular formula is C22H20FN5O2. The first-order valence-electron chi connectivity index (χ1n) is 9.74. The van der Waals surface area contributed by atoms with Crippen LogP contribution >= 0.6 is 0 Å². The lowest BCUT2D eigenvalue weighted by Crippen LogP contribution is -2.31. The van der Waals surface area contributed by atoms with Gasteiger partial charge in [-0.1, -0.05) is 0 Å². The molecule has 1 aromatic carbocycles. The molecule has 0 saturated heterocycles. The molecule has 1 amide bonds. The Labute approximate surface area is 172 Å². The number of carbonyl (C=O) groups is 1. The quantitative estimate of drug-likeness (QED) is 0.678. The number of halogens is 1. The van der Waals surface area contributed by atoms with Gasteiger partial charge in [-0.15, -0.1) is 0 Å². The number of aromatic amines is 1. The first-order chi connectivity index (χ1) is 14.4. The normalized spacial score (nSPS) is 14.3. The van der Waals surface area contributed by atoms with Gasteiger partial charge in [-0.2, -0.15) is 5.26 Å². The Balaban J connectivity index is 1.61. The van der Waals surface area contributed by atoms with Crippen LogP contribution in [-0.2, 0) is 11.2 Å². The molecule has 152 valence electrons. The number of fused-ring (bicyclic) bond motifs is 1. The summed E-state index contributed by atoms with van der Waals surface area (Å²) >= 11 is 0. The number of nitrogens with zero attached hydrogens (tertiary/aromatic N) is 3. The molecule has 1 fully saturated rings. The molecule has 0 bridgehead atoms. The summed E-state index contributed by atoms with van der Waals surface area (Å²) in [5, 5.41) is 12.3. The van der Waals surface area contributed by atoms with Crippen molar-refractivity contribution in [2.75, 3.05) is 0 Å². The van der Waals surface area contributed by atoms with Crippen molar-refractivity contribution in [3.63, 3.8) is 0 Å². The predicted molar refractivity (Wildman–Crippen MR) is 108 cm³/mol. The van der Waals surface area contributed by atoms with Gasteiger partial charge in [0.15, 0.2) is 0 Å². The summed E-state index contributed by atoms with van der Waals surface area (Å²) in [6.07, 6.45) is 4.48. The van der Waals surface area contributed by atoms with Crippen molar-refractivity contribution >= 4 is 16.8 Å². The zero-order valence-corrected chi connectivity index (χ0v) is 16.6. The third-order valence-electron chi connectivity index (χ3n) is 5.43. The van der Waals surface area contributed by atoms with Crippen LogP contribution < -0.4 is 10.9 Å². The third kappa shape index (κ3) is 3.66. The first kappa shape index (κ1) is 19.7. The third-order valence-corrected chi connectivity index (χ3v) is 5.43. The summed E-state index contributed by atoms with van der Waals surface area (Å²) in [5.74, 6) is -0.118. The zero-order valence-electron chi connectivity index (χ0n) is 16.6. The van der Waals surface area contributed by atoms with Gasteiger partial charge in [-0.25, -0.2) is 14.4 Å². The lowest BCUT2D eigenvalue weighted by Gasteiger charge is -2.15. The monoisotopic (exact) mass is 405 g/mol. The van der Waals surface area contributed by atoms with E-state index < -0.39 is 6.04 Å². The van der Waals surface area contributed by atoms with Crippen LogP contribution in [0.1, 0.15) is 59.8 Å². The second-order valence-corrected chi connectivity index (χ2v) is 7.62. The Morgan fingerprint density at radius 2 is 2.07 bits per heavy atom. The van der Waals surface area contributed by atoms with Crippen LogP contribution in [0.4, 0.5) is 4.39 Å². The zero-order chi connectivity index (χ0) is 21.4. The van der Waals surface area contributed by atoms with E-state index in [0.29, 0.717) is 39.0 Å². The van der Waals surface area contributed by atoms with E-state index in [0.717, 1.165) is 12.8 Å². The van der Waals surface area contributed by atoms with Gasteiger partial charge in [0.1, 0.15) is 17.7 Å². The second-order valence-electron chi connectivity index (χ2n) is 7.62. The Hall–Kier alpha value is -3.60. The van der Waals surface area contributed by atoms with Crippen LogP contribution in [-0.4, -0.2) is 20.9 Å². The number of benzene rings is 1. The van der Waals surface area contributed by atoms with Crippen LogP contribution in [0.15, 0.2) is 29.3 Å². The van der Waals surface area contributed by atoms with Crippen molar-refractivity contribution in [3.8, 4) is 6.07 Å². The molecular weight excluding hydrogens is 385 g/mol. The standard InChI is InChI=1S/C22H20FN5O2/c1-11-15(7-18(29)27-12(2)21-25-9-13(8-24)10-26-21)22(30)28-17-6-5-16(23)20(19(11)17)14-3-4-14/h5-6,9-10,12,14H,3-4,7H2,1-2H3,(H,27,29)(H,28,30)/t12-/m0/s1. The first-order valence-corrected chi connectivity index (χ1v) is 9.74. The number of amides is 1. The number of hydrogen-bond acceptors (Lipinski definition) is 5. The minimum Gasteiger partial charge on any atom is -0.346 e. The average molecular weight is 405 g/mol. The van der Waals surface area contributed by atoms with Crippen molar-refractivity contribution < 1.29 is 9.18 Å². The number of aryl methyl sites for hydroxylation is 1. The predicted octanol–water partition coefficient (Wildman–Crippen LogP) is 2.93.